The van der Waals surface area contributed by atoms with Gasteiger partial charge in [-0.3, -0.25) is 28.8 Å². The summed E-state index contributed by atoms with van der Waals surface area (Å²) in [7, 11) is -10.9. The third-order valence-corrected chi connectivity index (χ3v) is 21.7. The molecule has 0 saturated carbocycles. The van der Waals surface area contributed by atoms with Crippen molar-refractivity contribution in [3.05, 3.63) is 150 Å². The molecule has 2 saturated heterocycles. The summed E-state index contributed by atoms with van der Waals surface area (Å²) in [5, 5.41) is 86.8. The van der Waals surface area contributed by atoms with E-state index in [0.717, 1.165) is 36.1 Å². The Morgan fingerprint density at radius 2 is 0.808 bits per heavy atom. The monoisotopic (exact) mass is 1870 g/mol. The zero-order valence-corrected chi connectivity index (χ0v) is 81.7. The number of ether oxygens (including phenoxy) is 10. The fourth-order valence-electron chi connectivity index (χ4n) is 12.6. The normalized spacial score (nSPS) is 19.6. The maximum Gasteiger partial charge on any atom is 1.00 e. The van der Waals surface area contributed by atoms with Crippen LogP contribution >= 0.6 is 23.5 Å². The Morgan fingerprint density at radius 1 is 0.464 bits per heavy atom. The number of benzene rings is 5. The molecule has 668 valence electrons. The van der Waals surface area contributed by atoms with Crippen molar-refractivity contribution in [1.29, 1.82) is 0 Å². The topological polar surface area (TPSA) is 593 Å². The second-order valence-electron chi connectivity index (χ2n) is 27.4. The van der Waals surface area contributed by atoms with Gasteiger partial charge in [0, 0.05) is 99.7 Å². The third-order valence-electron chi connectivity index (χ3n) is 18.4. The molecule has 2 aliphatic heterocycles. The van der Waals surface area contributed by atoms with E-state index in [2.05, 4.69) is 31.9 Å². The number of carbonyl (C=O) groups excluding carboxylic acids is 8. The second-order valence-corrected chi connectivity index (χ2v) is 32.2. The number of carboxylic acid groups (broad SMARTS) is 2. The van der Waals surface area contributed by atoms with Crippen LogP contribution in [-0.4, -0.2) is 308 Å². The summed E-state index contributed by atoms with van der Waals surface area (Å²) >= 11 is 2.55. The van der Waals surface area contributed by atoms with E-state index in [1.54, 1.807) is 33.7 Å². The van der Waals surface area contributed by atoms with E-state index in [9.17, 15) is 94.9 Å². The quantitative estimate of drug-likeness (QED) is 0.00977. The fraction of sp³-hybridized carbons (Fsp3) is 0.513. The summed E-state index contributed by atoms with van der Waals surface area (Å²) in [5.41, 5.74) is 9.19. The van der Waals surface area contributed by atoms with Gasteiger partial charge in [0.2, 0.25) is 23.4 Å². The standard InChI is InChI=1S/C78H107N9O30S4.4Na/c1-50(88)84-65-60(86-120(102,103)104)46-77(75(98)99,116-69(65)67(92)62(90)48-82-71(94)56-19-15-54(16-20-56)52-11-5-3-6-12-52)114-28-9-41-118-43-26-80-73(96)58-23-24-59(64(45-58)113-40-39-112-38-37-111-36-35-110-34-33-109-32-31-108-30-25-79)74(97)81-27-44-119-42-10-29-115-78(76(100)101)47-61(87-121(105,106)107)66(85-51(2)89)70(117-78)68(93)63(91)49-83-72(95)57-21-17-55(18-22-57)53-13-7-4-8-14-53;;;;/h3-8,11-24,45,60-63,65-70,86-87,90-93H,9-10,25-44,46-49,79H2,1-2H3,(H,80,96)(H,81,97)(H,82,94)(H,83,95)(H,84,88)(H,85,89)(H,98,99)(H,100,101)(H,102,103,104)(H,105,106,107);;;;/q;4*+1/p-4/t60-,61-,62+,63+,65+,66+,67+,68+,69+,70+,77+,78+;;;;/m0..../s1. The molecule has 2 heterocycles. The number of aliphatic hydroxyl groups excluding tert-OH is 4. The van der Waals surface area contributed by atoms with Crippen molar-refractivity contribution < 1.29 is 261 Å². The van der Waals surface area contributed by atoms with E-state index in [-0.39, 0.29) is 228 Å². The van der Waals surface area contributed by atoms with Crippen LogP contribution in [0.25, 0.3) is 22.3 Å². The average Bonchev–Trinajstić information content (AvgIpc) is 0.763. The van der Waals surface area contributed by atoms with Crippen LogP contribution in [0.5, 0.6) is 5.75 Å². The summed E-state index contributed by atoms with van der Waals surface area (Å²) in [5.74, 6) is -13.2. The van der Waals surface area contributed by atoms with E-state index in [0.29, 0.717) is 46.2 Å². The van der Waals surface area contributed by atoms with Gasteiger partial charge in [-0.1, -0.05) is 84.9 Å². The van der Waals surface area contributed by atoms with Crippen LogP contribution in [0.1, 0.15) is 81.0 Å². The first-order chi connectivity index (χ1) is 57.8. The minimum absolute atomic E-state index is 0. The van der Waals surface area contributed by atoms with Gasteiger partial charge in [-0.15, -0.1) is 0 Å². The van der Waals surface area contributed by atoms with Crippen LogP contribution < -0.4 is 180 Å². The number of nitrogens with one attached hydrogen (secondary N) is 8. The Labute approximate surface area is 822 Å². The Kier molecular flexibility index (Phi) is 54.9. The molecule has 0 unspecified atom stereocenters. The van der Waals surface area contributed by atoms with Gasteiger partial charge in [-0.25, -0.2) is 26.3 Å². The fourth-order valence-corrected chi connectivity index (χ4v) is 15.4. The number of nitrogens with two attached hydrogens (primary N) is 1. The number of aliphatic hydroxyl groups is 4. The molecule has 0 bridgehead atoms. The van der Waals surface area contributed by atoms with E-state index in [4.69, 9.17) is 53.1 Å². The number of aliphatic carboxylic acids is 2. The zero-order valence-electron chi connectivity index (χ0n) is 70.4. The number of carbonyl (C=O) groups is 8. The number of amides is 6. The second kappa shape index (κ2) is 59.8. The molecular weight excluding hydrogens is 1760 g/mol. The maximum atomic E-state index is 13.8. The third kappa shape index (κ3) is 39.9. The molecule has 0 aromatic heterocycles. The van der Waals surface area contributed by atoms with Gasteiger partial charge >= 0.3 is 118 Å². The van der Waals surface area contributed by atoms with E-state index < -0.39 is 180 Å². The molecule has 0 spiro atoms. The molecule has 39 nitrogen and oxygen atoms in total. The van der Waals surface area contributed by atoms with E-state index >= 15 is 0 Å². The number of thioether (sulfide) groups is 2. The molecule has 47 heteroatoms. The SMILES string of the molecule is CC(=O)N[C@H]1[C@H]([C@H](O)[C@H](O)CNC(=O)c2ccc(-c3ccccc3)cc2)O[C@@](OCCCSCCNC(=O)c2ccc(C(=O)NCCSCCCO[C@]3(C(=O)[O-])C[C@H](NS(=O)(=O)[O-])[C@@H](NC(C)=O)[C@H]([C@H](O)[C@H](O)CNC(=O)c4ccc(-c5ccccc5)cc4)O3)c(OCCOCCOCCOCCOCCOCCN)c2)(C(=O)[O-])C[C@@H]1NS(=O)(=O)[O-].[Na+].[Na+].[Na+].[Na+]. The van der Waals surface area contributed by atoms with Crippen molar-refractivity contribution >= 4 is 91.5 Å². The van der Waals surface area contributed by atoms with Crippen LogP contribution in [0.3, 0.4) is 0 Å². The molecule has 0 radical (unpaired) electrons. The van der Waals surface area contributed by atoms with Crippen molar-refractivity contribution in [2.45, 2.75) is 112 Å². The minimum Gasteiger partial charge on any atom is -0.735 e. The van der Waals surface area contributed by atoms with Crippen LogP contribution in [0.15, 0.2) is 127 Å². The van der Waals surface area contributed by atoms with Crippen molar-refractivity contribution in [1.82, 2.24) is 41.3 Å². The molecule has 12 atom stereocenters. The number of carboxylic acids is 2. The molecule has 14 N–H and O–H groups in total. The minimum atomic E-state index is -5.43. The first-order valence-electron chi connectivity index (χ1n) is 38.6. The molecule has 2 aliphatic rings. The van der Waals surface area contributed by atoms with Crippen LogP contribution in [-0.2, 0) is 82.4 Å². The smallest absolute Gasteiger partial charge is 0.735 e. The van der Waals surface area contributed by atoms with Gasteiger partial charge in [-0.2, -0.15) is 23.5 Å². The Bertz CT molecular complexity index is 4360. The Hall–Kier alpha value is -4.46. The predicted molar refractivity (Wildman–Crippen MR) is 431 cm³/mol. The van der Waals surface area contributed by atoms with Crippen molar-refractivity contribution in [3.8, 4) is 28.0 Å². The molecule has 125 heavy (non-hydrogen) atoms. The van der Waals surface area contributed by atoms with Gasteiger partial charge < -0.3 is 134 Å². The van der Waals surface area contributed by atoms with Crippen LogP contribution in [0, 0.1) is 0 Å². The number of rotatable bonds is 56. The van der Waals surface area contributed by atoms with E-state index in [1.807, 2.05) is 60.7 Å². The Balaban J connectivity index is 0.0000101. The van der Waals surface area contributed by atoms with Gasteiger partial charge in [0.15, 0.2) is 20.6 Å². The first-order valence-corrected chi connectivity index (χ1v) is 43.7. The molecule has 5 aromatic rings. The first kappa shape index (κ1) is 115. The molecule has 0 aliphatic carbocycles. The van der Waals surface area contributed by atoms with Crippen molar-refractivity contribution in [2.24, 2.45) is 5.73 Å². The number of hydrogen-bond donors (Lipinski definition) is 13. The summed E-state index contributed by atoms with van der Waals surface area (Å²) < 4.78 is 133. The summed E-state index contributed by atoms with van der Waals surface area (Å²) in [6, 6.07) is 28.4. The molecule has 2 fully saturated rings. The number of hydrogen-bond acceptors (Lipinski definition) is 33. The van der Waals surface area contributed by atoms with E-state index in [1.165, 1.54) is 66.0 Å². The molecular formula is C78H103N9Na4O30S4. The van der Waals surface area contributed by atoms with Gasteiger partial charge in [0.1, 0.15) is 48.7 Å². The molecule has 5 aromatic carbocycles. The molecule has 6 amide bonds. The van der Waals surface area contributed by atoms with Gasteiger partial charge in [-0.05, 0) is 89.1 Å². The largest absolute Gasteiger partial charge is 1.00 e. The van der Waals surface area contributed by atoms with Crippen LogP contribution in [0.2, 0.25) is 0 Å². The van der Waals surface area contributed by atoms with Crippen LogP contribution in [0.4, 0.5) is 0 Å². The summed E-state index contributed by atoms with van der Waals surface area (Å²) in [6.07, 6.45) is -14.2. The van der Waals surface area contributed by atoms with Crippen molar-refractivity contribution in [3.63, 3.8) is 0 Å². The van der Waals surface area contributed by atoms with Crippen molar-refractivity contribution in [2.75, 3.05) is 142 Å². The predicted octanol–water partition coefficient (Wildman–Crippen LogP) is -15.2. The zero-order chi connectivity index (χ0) is 88.0. The van der Waals surface area contributed by atoms with Gasteiger partial charge in [0.25, 0.3) is 23.6 Å². The van der Waals surface area contributed by atoms with Gasteiger partial charge in [0.05, 0.1) is 109 Å². The average molecular weight is 1870 g/mol. The summed E-state index contributed by atoms with van der Waals surface area (Å²) in [6.45, 7) is 3.15. The Morgan fingerprint density at radius 3 is 1.17 bits per heavy atom. The maximum absolute atomic E-state index is 13.8. The molecule has 7 rings (SSSR count). The summed E-state index contributed by atoms with van der Waals surface area (Å²) in [4.78, 5) is 105.